The minimum atomic E-state index is -3.84. The summed E-state index contributed by atoms with van der Waals surface area (Å²) >= 11 is 2.19. The van der Waals surface area contributed by atoms with E-state index in [4.69, 9.17) is 9.47 Å². The lowest BCUT2D eigenvalue weighted by Crippen LogP contribution is -2.26. The molecule has 1 N–H and O–H groups in total. The number of carbonyl (C=O) groups is 1. The lowest BCUT2D eigenvalue weighted by atomic mass is 10.2. The van der Waals surface area contributed by atoms with Gasteiger partial charge in [0, 0.05) is 27.9 Å². The van der Waals surface area contributed by atoms with E-state index in [-0.39, 0.29) is 10.8 Å². The highest BCUT2D eigenvalue weighted by Gasteiger charge is 2.23. The molecule has 0 radical (unpaired) electrons. The SMILES string of the molecule is COc1ccc(S(=O)(=O)N(C)c2ccc(C(=O)Nc3ccc(I)cc3)cc2)cc1OC. The van der Waals surface area contributed by atoms with Crippen LogP contribution in [0.15, 0.2) is 71.6 Å². The highest BCUT2D eigenvalue weighted by atomic mass is 127. The van der Waals surface area contributed by atoms with E-state index in [0.717, 1.165) is 7.88 Å². The van der Waals surface area contributed by atoms with Crippen molar-refractivity contribution in [2.45, 2.75) is 4.90 Å². The van der Waals surface area contributed by atoms with Gasteiger partial charge in [-0.25, -0.2) is 8.42 Å². The molecule has 0 saturated heterocycles. The summed E-state index contributed by atoms with van der Waals surface area (Å²) in [6.45, 7) is 0. The number of ether oxygens (including phenoxy) is 2. The second-order valence-electron chi connectivity index (χ2n) is 6.50. The largest absolute Gasteiger partial charge is 0.493 e. The van der Waals surface area contributed by atoms with Crippen LogP contribution in [0.3, 0.4) is 0 Å². The highest BCUT2D eigenvalue weighted by Crippen LogP contribution is 2.31. The number of benzene rings is 3. The van der Waals surface area contributed by atoms with Crippen molar-refractivity contribution >= 4 is 49.9 Å². The minimum absolute atomic E-state index is 0.0631. The molecule has 3 aromatic rings. The van der Waals surface area contributed by atoms with Gasteiger partial charge in [0.25, 0.3) is 15.9 Å². The Hall–Kier alpha value is -2.79. The number of nitrogens with one attached hydrogen (secondary N) is 1. The summed E-state index contributed by atoms with van der Waals surface area (Å²) < 4.78 is 38.7. The molecule has 0 heterocycles. The van der Waals surface area contributed by atoms with Crippen LogP contribution in [0, 0.1) is 3.57 Å². The van der Waals surface area contributed by atoms with Crippen LogP contribution in [-0.4, -0.2) is 35.6 Å². The molecule has 0 saturated carbocycles. The van der Waals surface area contributed by atoms with Gasteiger partial charge in [-0.1, -0.05) is 0 Å². The van der Waals surface area contributed by atoms with E-state index in [2.05, 4.69) is 27.9 Å². The van der Waals surface area contributed by atoms with Crippen LogP contribution < -0.4 is 19.1 Å². The normalized spacial score (nSPS) is 11.0. The standard InChI is InChI=1S/C22H21IN2O5S/c1-25(31(27,28)19-12-13-20(29-2)21(14-19)30-3)18-10-4-15(5-11-18)22(26)24-17-8-6-16(23)7-9-17/h4-14H,1-3H3,(H,24,26). The van der Waals surface area contributed by atoms with Gasteiger partial charge in [-0.15, -0.1) is 0 Å². The molecule has 0 aliphatic heterocycles. The third-order valence-electron chi connectivity index (χ3n) is 4.61. The van der Waals surface area contributed by atoms with Crippen molar-refractivity contribution < 1.29 is 22.7 Å². The third kappa shape index (κ3) is 5.10. The molecule has 162 valence electrons. The molecule has 0 aliphatic carbocycles. The van der Waals surface area contributed by atoms with Gasteiger partial charge < -0.3 is 14.8 Å². The van der Waals surface area contributed by atoms with Crippen molar-refractivity contribution in [1.29, 1.82) is 0 Å². The predicted octanol–water partition coefficient (Wildman–Crippen LogP) is 4.39. The maximum absolute atomic E-state index is 13.0. The Labute approximate surface area is 195 Å². The van der Waals surface area contributed by atoms with E-state index in [1.54, 1.807) is 24.3 Å². The van der Waals surface area contributed by atoms with Crippen molar-refractivity contribution in [2.75, 3.05) is 30.9 Å². The third-order valence-corrected chi connectivity index (χ3v) is 7.11. The van der Waals surface area contributed by atoms with Crippen molar-refractivity contribution in [3.05, 3.63) is 75.9 Å². The van der Waals surface area contributed by atoms with Crippen LogP contribution in [0.1, 0.15) is 10.4 Å². The first-order valence-electron chi connectivity index (χ1n) is 9.14. The number of halogens is 1. The minimum Gasteiger partial charge on any atom is -0.493 e. The molecule has 0 unspecified atom stereocenters. The number of amides is 1. The smallest absolute Gasteiger partial charge is 0.264 e. The van der Waals surface area contributed by atoms with Crippen molar-refractivity contribution in [3.63, 3.8) is 0 Å². The van der Waals surface area contributed by atoms with E-state index >= 15 is 0 Å². The first-order chi connectivity index (χ1) is 14.8. The molecule has 3 aromatic carbocycles. The molecule has 31 heavy (non-hydrogen) atoms. The van der Waals surface area contributed by atoms with E-state index in [1.807, 2.05) is 24.3 Å². The van der Waals surface area contributed by atoms with Crippen LogP contribution in [0.25, 0.3) is 0 Å². The first-order valence-corrected chi connectivity index (χ1v) is 11.7. The molecular weight excluding hydrogens is 531 g/mol. The molecule has 9 heteroatoms. The Morgan fingerprint density at radius 3 is 2.10 bits per heavy atom. The summed E-state index contributed by atoms with van der Waals surface area (Å²) in [6.07, 6.45) is 0. The molecule has 7 nitrogen and oxygen atoms in total. The first kappa shape index (κ1) is 22.9. The Morgan fingerprint density at radius 2 is 1.52 bits per heavy atom. The van der Waals surface area contributed by atoms with Crippen LogP contribution in [-0.2, 0) is 10.0 Å². The van der Waals surface area contributed by atoms with Crippen LogP contribution in [0.5, 0.6) is 11.5 Å². The van der Waals surface area contributed by atoms with E-state index in [9.17, 15) is 13.2 Å². The van der Waals surface area contributed by atoms with Crippen LogP contribution >= 0.6 is 22.6 Å². The fourth-order valence-electron chi connectivity index (χ4n) is 2.83. The molecule has 0 spiro atoms. The van der Waals surface area contributed by atoms with Crippen LogP contribution in [0.4, 0.5) is 11.4 Å². The zero-order valence-electron chi connectivity index (χ0n) is 17.1. The van der Waals surface area contributed by atoms with Gasteiger partial charge in [0.2, 0.25) is 0 Å². The number of methoxy groups -OCH3 is 2. The molecule has 3 rings (SSSR count). The summed E-state index contributed by atoms with van der Waals surface area (Å²) in [5.74, 6) is 0.477. The van der Waals surface area contributed by atoms with Gasteiger partial charge >= 0.3 is 0 Å². The van der Waals surface area contributed by atoms with Crippen molar-refractivity contribution in [2.24, 2.45) is 0 Å². The summed E-state index contributed by atoms with van der Waals surface area (Å²) in [6, 6.07) is 18.2. The number of rotatable bonds is 7. The van der Waals surface area contributed by atoms with Gasteiger partial charge in [0.1, 0.15) is 0 Å². The summed E-state index contributed by atoms with van der Waals surface area (Å²) in [7, 11) is 0.535. The molecule has 0 atom stereocenters. The average molecular weight is 552 g/mol. The van der Waals surface area contributed by atoms with E-state index in [0.29, 0.717) is 28.4 Å². The Kier molecular flexibility index (Phi) is 7.06. The Balaban J connectivity index is 1.79. The van der Waals surface area contributed by atoms with Crippen molar-refractivity contribution in [3.8, 4) is 11.5 Å². The van der Waals surface area contributed by atoms with Gasteiger partial charge in [-0.05, 0) is 83.3 Å². The zero-order chi connectivity index (χ0) is 22.6. The maximum atomic E-state index is 13.0. The van der Waals surface area contributed by atoms with E-state index in [1.165, 1.54) is 39.5 Å². The summed E-state index contributed by atoms with van der Waals surface area (Å²) in [4.78, 5) is 12.5. The van der Waals surface area contributed by atoms with E-state index < -0.39 is 10.0 Å². The number of anilines is 2. The second kappa shape index (κ2) is 9.56. The predicted molar refractivity (Wildman–Crippen MR) is 129 cm³/mol. The highest BCUT2D eigenvalue weighted by molar-refractivity contribution is 14.1. The fraction of sp³-hybridized carbons (Fsp3) is 0.136. The fourth-order valence-corrected chi connectivity index (χ4v) is 4.40. The molecule has 0 bridgehead atoms. The quantitative estimate of drug-likeness (QED) is 0.440. The molecule has 0 aliphatic rings. The lowest BCUT2D eigenvalue weighted by molar-refractivity contribution is 0.102. The van der Waals surface area contributed by atoms with Crippen LogP contribution in [0.2, 0.25) is 0 Å². The number of carbonyl (C=O) groups excluding carboxylic acids is 1. The molecule has 0 aromatic heterocycles. The maximum Gasteiger partial charge on any atom is 0.264 e. The monoisotopic (exact) mass is 552 g/mol. The number of sulfonamides is 1. The van der Waals surface area contributed by atoms with Gasteiger partial charge in [0.05, 0.1) is 24.8 Å². The number of hydrogen-bond donors (Lipinski definition) is 1. The summed E-state index contributed by atoms with van der Waals surface area (Å²) in [5, 5.41) is 2.81. The summed E-state index contributed by atoms with van der Waals surface area (Å²) in [5.41, 5.74) is 1.52. The van der Waals surface area contributed by atoms with Gasteiger partial charge in [0.15, 0.2) is 11.5 Å². The molecule has 1 amide bonds. The Morgan fingerprint density at radius 1 is 0.903 bits per heavy atom. The number of hydrogen-bond acceptors (Lipinski definition) is 5. The van der Waals surface area contributed by atoms with Crippen molar-refractivity contribution in [1.82, 2.24) is 0 Å². The Bertz CT molecular complexity index is 1180. The average Bonchev–Trinajstić information content (AvgIpc) is 2.79. The van der Waals surface area contributed by atoms with Gasteiger partial charge in [-0.2, -0.15) is 0 Å². The van der Waals surface area contributed by atoms with Gasteiger partial charge in [-0.3, -0.25) is 9.10 Å². The second-order valence-corrected chi connectivity index (χ2v) is 9.71. The topological polar surface area (TPSA) is 84.9 Å². The molecule has 0 fully saturated rings. The molecular formula is C22H21IN2O5S. The number of nitrogens with zero attached hydrogens (tertiary/aromatic N) is 1. The lowest BCUT2D eigenvalue weighted by Gasteiger charge is -2.20. The zero-order valence-corrected chi connectivity index (χ0v) is 20.1.